The number of nitrogens with zero attached hydrogens (tertiary/aromatic N) is 1. The van der Waals surface area contributed by atoms with E-state index in [4.69, 9.17) is 0 Å². The van der Waals surface area contributed by atoms with Crippen LogP contribution in [0.2, 0.25) is 0 Å². The predicted molar refractivity (Wildman–Crippen MR) is 80.4 cm³/mol. The van der Waals surface area contributed by atoms with Crippen LogP contribution in [-0.4, -0.2) is 30.3 Å². The van der Waals surface area contributed by atoms with E-state index >= 15 is 0 Å². The molecule has 1 aromatic carbocycles. The van der Waals surface area contributed by atoms with Gasteiger partial charge in [0, 0.05) is 27.0 Å². The van der Waals surface area contributed by atoms with Gasteiger partial charge in [0.05, 0.1) is 0 Å². The van der Waals surface area contributed by atoms with Crippen LogP contribution in [0.15, 0.2) is 24.3 Å². The molecule has 0 saturated carbocycles. The van der Waals surface area contributed by atoms with Crippen LogP contribution >= 0.6 is 0 Å². The number of benzene rings is 1. The molecule has 0 spiro atoms. The maximum absolute atomic E-state index is 9.44. The quantitative estimate of drug-likeness (QED) is 0.600. The van der Waals surface area contributed by atoms with Gasteiger partial charge in [0.2, 0.25) is 0 Å². The molecule has 0 aliphatic rings. The monoisotopic (exact) mass is 361 g/mol. The van der Waals surface area contributed by atoms with Crippen molar-refractivity contribution in [3.63, 3.8) is 0 Å². The van der Waals surface area contributed by atoms with E-state index in [9.17, 15) is 4.79 Å². The summed E-state index contributed by atoms with van der Waals surface area (Å²) >= 11 is 0. The fraction of sp³-hybridized carbons (Fsp3) is 0.467. The second-order valence-corrected chi connectivity index (χ2v) is 3.53. The van der Waals surface area contributed by atoms with Crippen molar-refractivity contribution in [1.82, 2.24) is 4.90 Å². The van der Waals surface area contributed by atoms with Crippen LogP contribution in [-0.2, 0) is 31.8 Å². The molecule has 0 fully saturated rings. The van der Waals surface area contributed by atoms with E-state index in [1.54, 1.807) is 0 Å². The second kappa shape index (κ2) is 22.6. The molecule has 1 aromatic rings. The average Bonchev–Trinajstić information content (AvgIpc) is 2.20. The number of ketones is 1. The summed E-state index contributed by atoms with van der Waals surface area (Å²) in [6, 6.07) is 11.2. The molecule has 0 amide bonds. The van der Waals surface area contributed by atoms with Gasteiger partial charge in [-0.3, -0.25) is 0 Å². The van der Waals surface area contributed by atoms with Crippen LogP contribution in [0, 0.1) is 13.5 Å². The molecule has 0 heterocycles. The van der Waals surface area contributed by atoms with Crippen molar-refractivity contribution in [3.8, 4) is 0 Å². The molecule has 118 valence electrons. The van der Waals surface area contributed by atoms with Gasteiger partial charge < -0.3 is 22.6 Å². The van der Waals surface area contributed by atoms with Crippen LogP contribution < -0.4 is 0 Å². The molecule has 0 aliphatic heterocycles. The molecule has 2 N–H and O–H groups in total. The normalized spacial score (nSPS) is 7.11. The summed E-state index contributed by atoms with van der Waals surface area (Å²) < 4.78 is 0. The van der Waals surface area contributed by atoms with E-state index in [2.05, 4.69) is 31.1 Å². The Bertz CT molecular complexity index is 260. The number of carbonyl (C=O) groups excluding carboxylic acids is 1. The van der Waals surface area contributed by atoms with Gasteiger partial charge >= 0.3 is 0 Å². The zero-order valence-corrected chi connectivity index (χ0v) is 14.7. The standard InChI is InChI=1S/C9H12N.C3H6O.C2H6.CH3.H2O.Pd/c1-10(2)8-9-6-4-3-5-7-9;1-3(2)4;1-2;;;/h3-6H,8H2,1-2H3;1-2H3;1-2H3;1H3;1H2;/q-1;;;-1;;. The third-order valence-corrected chi connectivity index (χ3v) is 1.26. The molecule has 0 bridgehead atoms. The van der Waals surface area contributed by atoms with Crippen LogP contribution in [0.3, 0.4) is 0 Å². The molecule has 0 atom stereocenters. The summed E-state index contributed by atoms with van der Waals surface area (Å²) in [7, 11) is 4.11. The smallest absolute Gasteiger partial charge is 0.126 e. The first-order chi connectivity index (χ1) is 7.52. The number of hydrogen-bond donors (Lipinski definition) is 0. The summed E-state index contributed by atoms with van der Waals surface area (Å²) in [5.74, 6) is 0.167. The molecule has 0 aliphatic carbocycles. The largest absolute Gasteiger partial charge is 0.412 e. The van der Waals surface area contributed by atoms with E-state index in [0.29, 0.717) is 0 Å². The topological polar surface area (TPSA) is 51.8 Å². The summed E-state index contributed by atoms with van der Waals surface area (Å²) in [5, 5.41) is 0. The molecule has 0 unspecified atom stereocenters. The van der Waals surface area contributed by atoms with E-state index < -0.39 is 0 Å². The van der Waals surface area contributed by atoms with E-state index in [1.807, 2.05) is 32.0 Å². The number of Topliss-reactive ketones (excluding diaryl/α,β-unsaturated/α-hetero) is 1. The van der Waals surface area contributed by atoms with Crippen LogP contribution in [0.4, 0.5) is 0 Å². The van der Waals surface area contributed by atoms with Crippen molar-refractivity contribution in [1.29, 1.82) is 0 Å². The minimum absolute atomic E-state index is 0. The second-order valence-electron chi connectivity index (χ2n) is 3.53. The molecular weight excluding hydrogens is 333 g/mol. The Hall–Kier alpha value is -0.528. The van der Waals surface area contributed by atoms with Crippen molar-refractivity contribution >= 4 is 5.78 Å². The van der Waals surface area contributed by atoms with Crippen molar-refractivity contribution in [2.75, 3.05) is 14.1 Å². The third-order valence-electron chi connectivity index (χ3n) is 1.26. The summed E-state index contributed by atoms with van der Waals surface area (Å²) in [4.78, 5) is 11.6. The van der Waals surface area contributed by atoms with Crippen molar-refractivity contribution < 1.29 is 30.7 Å². The Kier molecular flexibility index (Phi) is 37.0. The molecule has 0 radical (unpaired) electrons. The summed E-state index contributed by atoms with van der Waals surface area (Å²) in [6.07, 6.45) is 0. The van der Waals surface area contributed by atoms with Crippen LogP contribution in [0.25, 0.3) is 0 Å². The molecule has 0 saturated heterocycles. The number of rotatable bonds is 2. The fourth-order valence-electron chi connectivity index (χ4n) is 0.870. The van der Waals surface area contributed by atoms with Gasteiger partial charge in [0.1, 0.15) is 5.78 Å². The zero-order valence-electron chi connectivity index (χ0n) is 13.2. The Morgan fingerprint density at radius 2 is 1.63 bits per heavy atom. The predicted octanol–water partition coefficient (Wildman–Crippen LogP) is 2.79. The van der Waals surface area contributed by atoms with Gasteiger partial charge in [0.15, 0.2) is 0 Å². The van der Waals surface area contributed by atoms with E-state index in [-0.39, 0.29) is 39.1 Å². The Morgan fingerprint density at radius 3 is 1.89 bits per heavy atom. The Balaban J connectivity index is -0.0000000639. The van der Waals surface area contributed by atoms with Gasteiger partial charge in [-0.2, -0.15) is 30.3 Å². The van der Waals surface area contributed by atoms with Crippen molar-refractivity contribution in [2.45, 2.75) is 34.2 Å². The molecule has 19 heavy (non-hydrogen) atoms. The van der Waals surface area contributed by atoms with Crippen LogP contribution in [0.5, 0.6) is 0 Å². The molecule has 0 aromatic heterocycles. The first kappa shape index (κ1) is 31.1. The van der Waals surface area contributed by atoms with E-state index in [1.165, 1.54) is 19.4 Å². The Labute approximate surface area is 133 Å². The minimum Gasteiger partial charge on any atom is -0.412 e. The van der Waals surface area contributed by atoms with E-state index in [0.717, 1.165) is 6.54 Å². The summed E-state index contributed by atoms with van der Waals surface area (Å²) in [6.45, 7) is 8.03. The van der Waals surface area contributed by atoms with Crippen molar-refractivity contribution in [3.05, 3.63) is 43.3 Å². The van der Waals surface area contributed by atoms with Crippen LogP contribution in [0.1, 0.15) is 33.3 Å². The first-order valence-corrected chi connectivity index (χ1v) is 5.60. The van der Waals surface area contributed by atoms with Gasteiger partial charge in [-0.15, -0.1) is 5.56 Å². The summed E-state index contributed by atoms with van der Waals surface area (Å²) in [5.41, 5.74) is 1.24. The minimum atomic E-state index is 0. The maximum Gasteiger partial charge on any atom is 0.126 e. The number of carbonyl (C=O) groups is 1. The maximum atomic E-state index is 9.44. The van der Waals surface area contributed by atoms with Crippen molar-refractivity contribution in [2.24, 2.45) is 0 Å². The molecular formula is C15H29NO2Pd-2. The molecule has 4 heteroatoms. The van der Waals surface area contributed by atoms with Gasteiger partial charge in [-0.1, -0.05) is 13.8 Å². The third kappa shape index (κ3) is 31.8. The SMILES string of the molecule is CC.CC(C)=O.CN(C)Cc1[c-]cccc1.O.[CH3-].[Pd]. The van der Waals surface area contributed by atoms with Gasteiger partial charge in [0.25, 0.3) is 0 Å². The molecule has 1 rings (SSSR count). The average molecular weight is 362 g/mol. The first-order valence-electron chi connectivity index (χ1n) is 5.60. The fourth-order valence-corrected chi connectivity index (χ4v) is 0.870. The number of hydrogen-bond acceptors (Lipinski definition) is 2. The van der Waals surface area contributed by atoms with Gasteiger partial charge in [-0.05, 0) is 27.9 Å². The molecule has 3 nitrogen and oxygen atoms in total. The zero-order chi connectivity index (χ0) is 13.0. The van der Waals surface area contributed by atoms with Gasteiger partial charge in [-0.25, -0.2) is 0 Å². The Morgan fingerprint density at radius 1 is 1.21 bits per heavy atom.